The molecule has 166 valence electrons. The van der Waals surface area contributed by atoms with E-state index in [0.29, 0.717) is 22.2 Å². The van der Waals surface area contributed by atoms with Crippen LogP contribution in [0.25, 0.3) is 0 Å². The summed E-state index contributed by atoms with van der Waals surface area (Å²) in [6.07, 6.45) is 1.14. The van der Waals surface area contributed by atoms with Crippen molar-refractivity contribution in [2.24, 2.45) is 4.99 Å². The third kappa shape index (κ3) is 4.93. The van der Waals surface area contributed by atoms with Crippen molar-refractivity contribution in [1.82, 2.24) is 0 Å². The van der Waals surface area contributed by atoms with Gasteiger partial charge in [-0.15, -0.1) is 0 Å². The second-order valence-corrected chi connectivity index (χ2v) is 9.97. The molecular weight excluding hydrogens is 455 g/mol. The summed E-state index contributed by atoms with van der Waals surface area (Å²) in [6.45, 7) is -0.0629. The summed E-state index contributed by atoms with van der Waals surface area (Å²) in [5, 5.41) is 11.7. The Morgan fingerprint density at radius 3 is 2.28 bits per heavy atom. The summed E-state index contributed by atoms with van der Waals surface area (Å²) in [6, 6.07) is 18.8. The molecule has 0 aromatic heterocycles. The molecule has 0 aliphatic carbocycles. The van der Waals surface area contributed by atoms with E-state index in [1.807, 2.05) is 0 Å². The van der Waals surface area contributed by atoms with Crippen LogP contribution in [0.15, 0.2) is 82.7 Å². The molecule has 3 aromatic carbocycles. The van der Waals surface area contributed by atoms with Crippen LogP contribution in [0, 0.1) is 5.82 Å². The molecule has 1 atom stereocenters. The summed E-state index contributed by atoms with van der Waals surface area (Å²) in [4.78, 5) is 6.50. The molecule has 1 N–H and O–H groups in total. The van der Waals surface area contributed by atoms with Crippen LogP contribution in [-0.2, 0) is 9.84 Å². The fourth-order valence-electron chi connectivity index (χ4n) is 3.33. The minimum atomic E-state index is -3.34. The van der Waals surface area contributed by atoms with Crippen molar-refractivity contribution in [2.75, 3.05) is 24.3 Å². The molecule has 9 heteroatoms. The van der Waals surface area contributed by atoms with Crippen LogP contribution in [0.1, 0.15) is 5.56 Å². The Kier molecular flexibility index (Phi) is 5.94. The number of aliphatic hydroxyl groups is 1. The lowest BCUT2D eigenvalue weighted by molar-refractivity contribution is 0.0177. The first-order chi connectivity index (χ1) is 15.1. The Morgan fingerprint density at radius 1 is 1.06 bits per heavy atom. The molecule has 1 aliphatic heterocycles. The largest absolute Gasteiger partial charge is 0.488 e. The van der Waals surface area contributed by atoms with Crippen molar-refractivity contribution >= 4 is 33.0 Å². The van der Waals surface area contributed by atoms with Gasteiger partial charge >= 0.3 is 0 Å². The molecule has 0 radical (unpaired) electrons. The molecule has 6 nitrogen and oxygen atoms in total. The number of rotatable bonds is 6. The fourth-order valence-corrected chi connectivity index (χ4v) is 4.09. The summed E-state index contributed by atoms with van der Waals surface area (Å²) in [5.41, 5.74) is -0.207. The zero-order valence-electron chi connectivity index (χ0n) is 17.1. The number of halogens is 2. The molecule has 0 bridgehead atoms. The van der Waals surface area contributed by atoms with E-state index in [2.05, 4.69) is 4.99 Å². The average molecular weight is 475 g/mol. The van der Waals surface area contributed by atoms with E-state index in [1.54, 1.807) is 41.3 Å². The lowest BCUT2D eigenvalue weighted by Gasteiger charge is -2.24. The molecule has 0 amide bonds. The summed E-state index contributed by atoms with van der Waals surface area (Å²) >= 11 is 6.01. The van der Waals surface area contributed by atoms with E-state index in [9.17, 15) is 17.9 Å². The van der Waals surface area contributed by atoms with Gasteiger partial charge in [0.1, 0.15) is 24.0 Å². The van der Waals surface area contributed by atoms with Gasteiger partial charge in [0.25, 0.3) is 0 Å². The maximum Gasteiger partial charge on any atom is 0.210 e. The van der Waals surface area contributed by atoms with Gasteiger partial charge in [0.2, 0.25) is 5.72 Å². The zero-order valence-corrected chi connectivity index (χ0v) is 18.6. The first-order valence-corrected chi connectivity index (χ1v) is 11.9. The fraction of sp³-hybridized carbons (Fsp3) is 0.174. The molecule has 1 aliphatic rings. The van der Waals surface area contributed by atoms with Gasteiger partial charge in [-0.2, -0.15) is 0 Å². The standard InChI is InChI=1S/C23H20ClFN2O4S/c1-32(29,30)21-12-2-16(3-13-21)22-26-23(28,15-31-20-10-6-18(25)7-11-20)14-27(22)19-8-4-17(24)5-9-19/h2-13,28H,14-15H2,1H3. The summed E-state index contributed by atoms with van der Waals surface area (Å²) in [5.74, 6) is 0.472. The number of ether oxygens (including phenoxy) is 1. The van der Waals surface area contributed by atoms with Gasteiger partial charge < -0.3 is 14.7 Å². The minimum absolute atomic E-state index is 0.0962. The molecular formula is C23H20ClFN2O4S. The maximum atomic E-state index is 13.1. The summed E-state index contributed by atoms with van der Waals surface area (Å²) in [7, 11) is -3.34. The van der Waals surface area contributed by atoms with Gasteiger partial charge in [-0.1, -0.05) is 11.6 Å². The van der Waals surface area contributed by atoms with E-state index in [4.69, 9.17) is 16.3 Å². The lowest BCUT2D eigenvalue weighted by Crippen LogP contribution is -2.40. The molecule has 0 saturated carbocycles. The topological polar surface area (TPSA) is 79.2 Å². The van der Waals surface area contributed by atoms with Crippen LogP contribution < -0.4 is 9.64 Å². The highest BCUT2D eigenvalue weighted by Gasteiger charge is 2.39. The van der Waals surface area contributed by atoms with Crippen molar-refractivity contribution in [3.63, 3.8) is 0 Å². The Labute approximate surface area is 190 Å². The summed E-state index contributed by atoms with van der Waals surface area (Å²) < 4.78 is 42.4. The highest BCUT2D eigenvalue weighted by Crippen LogP contribution is 2.30. The molecule has 4 rings (SSSR count). The van der Waals surface area contributed by atoms with Crippen molar-refractivity contribution in [3.05, 3.63) is 89.2 Å². The second-order valence-electron chi connectivity index (χ2n) is 7.52. The Bertz CT molecular complexity index is 1250. The number of hydrogen-bond acceptors (Lipinski definition) is 6. The lowest BCUT2D eigenvalue weighted by atomic mass is 10.1. The molecule has 0 saturated heterocycles. The number of β-amino-alcohol motifs (C(OH)–C–C–N with tert-alkyl or cyclic N) is 1. The quantitative estimate of drug-likeness (QED) is 0.586. The smallest absolute Gasteiger partial charge is 0.210 e. The van der Waals surface area contributed by atoms with Gasteiger partial charge in [-0.3, -0.25) is 0 Å². The zero-order chi connectivity index (χ0) is 22.9. The molecule has 1 heterocycles. The van der Waals surface area contributed by atoms with Crippen molar-refractivity contribution in [3.8, 4) is 5.75 Å². The number of benzene rings is 3. The number of sulfone groups is 1. The molecule has 3 aromatic rings. The Balaban J connectivity index is 1.66. The van der Waals surface area contributed by atoms with E-state index < -0.39 is 15.6 Å². The van der Waals surface area contributed by atoms with Crippen LogP contribution in [0.3, 0.4) is 0 Å². The SMILES string of the molecule is CS(=O)(=O)c1ccc(C2=NC(O)(COc3ccc(F)cc3)CN2c2ccc(Cl)cc2)cc1. The minimum Gasteiger partial charge on any atom is -0.488 e. The van der Waals surface area contributed by atoms with Crippen molar-refractivity contribution in [1.29, 1.82) is 0 Å². The third-order valence-corrected chi connectivity index (χ3v) is 6.32. The Morgan fingerprint density at radius 2 is 1.69 bits per heavy atom. The van der Waals surface area contributed by atoms with Crippen LogP contribution >= 0.6 is 11.6 Å². The monoisotopic (exact) mass is 474 g/mol. The van der Waals surface area contributed by atoms with Gasteiger partial charge in [-0.25, -0.2) is 17.8 Å². The second kappa shape index (κ2) is 8.54. The van der Waals surface area contributed by atoms with E-state index in [1.165, 1.54) is 36.4 Å². The van der Waals surface area contributed by atoms with E-state index >= 15 is 0 Å². The van der Waals surface area contributed by atoms with Crippen LogP contribution in [0.4, 0.5) is 10.1 Å². The molecule has 1 unspecified atom stereocenters. The molecule has 0 fully saturated rings. The number of hydrogen-bond donors (Lipinski definition) is 1. The van der Waals surface area contributed by atoms with Crippen molar-refractivity contribution < 1.29 is 22.7 Å². The van der Waals surface area contributed by atoms with E-state index in [0.717, 1.165) is 11.9 Å². The third-order valence-electron chi connectivity index (χ3n) is 4.94. The number of aliphatic imine (C=N–C) groups is 1. The van der Waals surface area contributed by atoms with Crippen LogP contribution in [0.5, 0.6) is 5.75 Å². The van der Waals surface area contributed by atoms with Crippen molar-refractivity contribution in [2.45, 2.75) is 10.6 Å². The van der Waals surface area contributed by atoms with Gasteiger partial charge in [0.05, 0.1) is 11.4 Å². The van der Waals surface area contributed by atoms with Crippen LogP contribution in [-0.4, -0.2) is 44.5 Å². The molecule has 32 heavy (non-hydrogen) atoms. The number of anilines is 1. The normalized spacial score (nSPS) is 18.5. The predicted molar refractivity (Wildman–Crippen MR) is 122 cm³/mol. The highest BCUT2D eigenvalue weighted by molar-refractivity contribution is 7.90. The molecule has 0 spiro atoms. The first kappa shape index (κ1) is 22.3. The van der Waals surface area contributed by atoms with E-state index in [-0.39, 0.29) is 23.9 Å². The predicted octanol–water partition coefficient (Wildman–Crippen LogP) is 3.92. The maximum absolute atomic E-state index is 13.1. The highest BCUT2D eigenvalue weighted by atomic mass is 35.5. The van der Waals surface area contributed by atoms with Crippen LogP contribution in [0.2, 0.25) is 5.02 Å². The number of nitrogens with zero attached hydrogens (tertiary/aromatic N) is 2. The average Bonchev–Trinajstić information content (AvgIpc) is 3.11. The number of amidine groups is 1. The van der Waals surface area contributed by atoms with Gasteiger partial charge in [-0.05, 0) is 72.8 Å². The van der Waals surface area contributed by atoms with Gasteiger partial charge in [0, 0.05) is 22.5 Å². The van der Waals surface area contributed by atoms with Gasteiger partial charge in [0.15, 0.2) is 9.84 Å². The first-order valence-electron chi connectivity index (χ1n) is 9.67. The Hall–Kier alpha value is -2.94.